The largest absolute Gasteiger partial charge is 0.397 e. The van der Waals surface area contributed by atoms with Gasteiger partial charge < -0.3 is 5.73 Å². The minimum atomic E-state index is -3.73. The normalized spacial score (nSPS) is 11.7. The molecule has 1 aromatic carbocycles. The summed E-state index contributed by atoms with van der Waals surface area (Å²) in [5, 5.41) is 10.5. The van der Waals surface area contributed by atoms with Gasteiger partial charge in [0.05, 0.1) is 10.6 Å². The SMILES string of the molecule is CC(C)CCNS(=O)(=O)c1ccc([N+](=O)[O-])cc1N. The van der Waals surface area contributed by atoms with Crippen LogP contribution in [-0.2, 0) is 10.0 Å². The fraction of sp³-hybridized carbons (Fsp3) is 0.455. The summed E-state index contributed by atoms with van der Waals surface area (Å²) in [5.74, 6) is 0.372. The molecule has 0 spiro atoms. The molecule has 0 amide bonds. The van der Waals surface area contributed by atoms with Crippen molar-refractivity contribution in [1.29, 1.82) is 0 Å². The Labute approximate surface area is 112 Å². The van der Waals surface area contributed by atoms with Crippen molar-refractivity contribution in [3.63, 3.8) is 0 Å². The summed E-state index contributed by atoms with van der Waals surface area (Å²) in [4.78, 5) is 9.78. The lowest BCUT2D eigenvalue weighted by molar-refractivity contribution is -0.384. The summed E-state index contributed by atoms with van der Waals surface area (Å²) in [6.45, 7) is 4.26. The second-order valence-corrected chi connectivity index (χ2v) is 6.29. The van der Waals surface area contributed by atoms with Crippen LogP contribution in [0.5, 0.6) is 0 Å². The lowest BCUT2D eigenvalue weighted by Gasteiger charge is -2.10. The van der Waals surface area contributed by atoms with Crippen molar-refractivity contribution in [3.05, 3.63) is 28.3 Å². The molecule has 7 nitrogen and oxygen atoms in total. The number of rotatable bonds is 6. The zero-order valence-corrected chi connectivity index (χ0v) is 11.6. The highest BCUT2D eigenvalue weighted by molar-refractivity contribution is 7.89. The number of nitro benzene ring substituents is 1. The second kappa shape index (κ2) is 5.98. The maximum atomic E-state index is 12.0. The molecule has 1 aromatic rings. The predicted molar refractivity (Wildman–Crippen MR) is 72.2 cm³/mol. The monoisotopic (exact) mass is 287 g/mol. The highest BCUT2D eigenvalue weighted by Crippen LogP contribution is 2.23. The first kappa shape index (κ1) is 15.4. The number of nitrogens with one attached hydrogen (secondary N) is 1. The molecule has 0 heterocycles. The van der Waals surface area contributed by atoms with Crippen LogP contribution in [0.15, 0.2) is 23.1 Å². The number of nitro groups is 1. The van der Waals surface area contributed by atoms with Gasteiger partial charge in [0.2, 0.25) is 10.0 Å². The summed E-state index contributed by atoms with van der Waals surface area (Å²) in [5.41, 5.74) is 5.18. The van der Waals surface area contributed by atoms with Crippen LogP contribution in [0.2, 0.25) is 0 Å². The van der Waals surface area contributed by atoms with Gasteiger partial charge in [-0.2, -0.15) is 0 Å². The van der Waals surface area contributed by atoms with Crippen molar-refractivity contribution in [1.82, 2.24) is 4.72 Å². The molecule has 0 radical (unpaired) electrons. The summed E-state index contributed by atoms with van der Waals surface area (Å²) < 4.78 is 26.3. The number of nitrogens with zero attached hydrogens (tertiary/aromatic N) is 1. The van der Waals surface area contributed by atoms with E-state index in [9.17, 15) is 18.5 Å². The van der Waals surface area contributed by atoms with E-state index in [4.69, 9.17) is 5.73 Å². The molecule has 0 bridgehead atoms. The lowest BCUT2D eigenvalue weighted by atomic mass is 10.1. The number of sulfonamides is 1. The lowest BCUT2D eigenvalue weighted by Crippen LogP contribution is -2.26. The molecule has 0 saturated carbocycles. The molecule has 3 N–H and O–H groups in total. The van der Waals surface area contributed by atoms with Gasteiger partial charge in [-0.1, -0.05) is 13.8 Å². The van der Waals surface area contributed by atoms with Gasteiger partial charge in [-0.05, 0) is 18.4 Å². The Kier molecular flexibility index (Phi) is 4.84. The van der Waals surface area contributed by atoms with E-state index < -0.39 is 14.9 Å². The number of nitrogen functional groups attached to an aromatic ring is 1. The van der Waals surface area contributed by atoms with E-state index in [0.29, 0.717) is 18.9 Å². The minimum Gasteiger partial charge on any atom is -0.397 e. The van der Waals surface area contributed by atoms with Crippen molar-refractivity contribution in [2.45, 2.75) is 25.2 Å². The van der Waals surface area contributed by atoms with E-state index in [0.717, 1.165) is 18.2 Å². The Morgan fingerprint density at radius 3 is 2.53 bits per heavy atom. The van der Waals surface area contributed by atoms with Gasteiger partial charge in [0, 0.05) is 18.7 Å². The van der Waals surface area contributed by atoms with Gasteiger partial charge in [-0.3, -0.25) is 10.1 Å². The molecule has 19 heavy (non-hydrogen) atoms. The van der Waals surface area contributed by atoms with Crippen molar-refractivity contribution in [3.8, 4) is 0 Å². The second-order valence-electron chi connectivity index (χ2n) is 4.56. The van der Waals surface area contributed by atoms with E-state index in [1.165, 1.54) is 0 Å². The average Bonchev–Trinajstić information content (AvgIpc) is 2.27. The summed E-state index contributed by atoms with van der Waals surface area (Å²) >= 11 is 0. The molecule has 0 saturated heterocycles. The summed E-state index contributed by atoms with van der Waals surface area (Å²) in [6, 6.07) is 3.30. The molecule has 106 valence electrons. The van der Waals surface area contributed by atoms with E-state index >= 15 is 0 Å². The van der Waals surface area contributed by atoms with Crippen LogP contribution >= 0.6 is 0 Å². The Bertz CT molecular complexity index is 569. The Morgan fingerprint density at radius 2 is 2.05 bits per heavy atom. The smallest absolute Gasteiger partial charge is 0.271 e. The number of nitrogens with two attached hydrogens (primary N) is 1. The highest BCUT2D eigenvalue weighted by atomic mass is 32.2. The zero-order chi connectivity index (χ0) is 14.6. The van der Waals surface area contributed by atoms with Crippen LogP contribution in [-0.4, -0.2) is 19.9 Å². The third kappa shape index (κ3) is 4.18. The first-order valence-electron chi connectivity index (χ1n) is 5.77. The van der Waals surface area contributed by atoms with Crippen molar-refractivity contribution < 1.29 is 13.3 Å². The van der Waals surface area contributed by atoms with Crippen LogP contribution in [0.25, 0.3) is 0 Å². The topological polar surface area (TPSA) is 115 Å². The molecule has 0 aliphatic rings. The van der Waals surface area contributed by atoms with Gasteiger partial charge in [0.15, 0.2) is 0 Å². The van der Waals surface area contributed by atoms with Gasteiger partial charge in [-0.25, -0.2) is 13.1 Å². The third-order valence-electron chi connectivity index (χ3n) is 2.51. The molecule has 0 aliphatic carbocycles. The van der Waals surface area contributed by atoms with Crippen LogP contribution in [0, 0.1) is 16.0 Å². The molecule has 1 rings (SSSR count). The van der Waals surface area contributed by atoms with E-state index in [1.54, 1.807) is 0 Å². The maximum absolute atomic E-state index is 12.0. The van der Waals surface area contributed by atoms with E-state index in [1.807, 2.05) is 13.8 Å². The third-order valence-corrected chi connectivity index (χ3v) is 4.04. The van der Waals surface area contributed by atoms with Gasteiger partial charge in [0.25, 0.3) is 5.69 Å². The van der Waals surface area contributed by atoms with Crippen molar-refractivity contribution >= 4 is 21.4 Å². The van der Waals surface area contributed by atoms with Gasteiger partial charge in [0.1, 0.15) is 4.90 Å². The maximum Gasteiger partial charge on any atom is 0.271 e. The fourth-order valence-corrected chi connectivity index (χ4v) is 2.61. The standard InChI is InChI=1S/C11H17N3O4S/c1-8(2)5-6-13-19(17,18)11-4-3-9(14(15)16)7-10(11)12/h3-4,7-8,13H,5-6,12H2,1-2H3. The number of benzene rings is 1. The molecule has 0 unspecified atom stereocenters. The highest BCUT2D eigenvalue weighted by Gasteiger charge is 2.19. The molecule has 8 heteroatoms. The molecular weight excluding hydrogens is 270 g/mol. The Balaban J connectivity index is 2.93. The summed E-state index contributed by atoms with van der Waals surface area (Å²) in [6.07, 6.45) is 0.701. The number of hydrogen-bond acceptors (Lipinski definition) is 5. The molecule has 0 aliphatic heterocycles. The number of anilines is 1. The summed E-state index contributed by atoms with van der Waals surface area (Å²) in [7, 11) is -3.73. The minimum absolute atomic E-state index is 0.133. The fourth-order valence-electron chi connectivity index (χ4n) is 1.45. The molecular formula is C11H17N3O4S. The quantitative estimate of drug-likeness (QED) is 0.467. The van der Waals surface area contributed by atoms with Crippen LogP contribution in [0.3, 0.4) is 0 Å². The molecule has 0 fully saturated rings. The predicted octanol–water partition coefficient (Wildman–Crippen LogP) is 1.50. The Hall–Kier alpha value is -1.67. The van der Waals surface area contributed by atoms with Crippen LogP contribution in [0.4, 0.5) is 11.4 Å². The Morgan fingerprint density at radius 1 is 1.42 bits per heavy atom. The van der Waals surface area contributed by atoms with Crippen molar-refractivity contribution in [2.75, 3.05) is 12.3 Å². The average molecular weight is 287 g/mol. The van der Waals surface area contributed by atoms with Gasteiger partial charge in [-0.15, -0.1) is 0 Å². The van der Waals surface area contributed by atoms with E-state index in [-0.39, 0.29) is 16.3 Å². The van der Waals surface area contributed by atoms with Crippen LogP contribution in [0.1, 0.15) is 20.3 Å². The van der Waals surface area contributed by atoms with Crippen LogP contribution < -0.4 is 10.5 Å². The first-order valence-corrected chi connectivity index (χ1v) is 7.26. The van der Waals surface area contributed by atoms with Crippen molar-refractivity contribution in [2.24, 2.45) is 5.92 Å². The molecule has 0 atom stereocenters. The molecule has 0 aromatic heterocycles. The number of hydrogen-bond donors (Lipinski definition) is 2. The van der Waals surface area contributed by atoms with E-state index in [2.05, 4.69) is 4.72 Å². The zero-order valence-electron chi connectivity index (χ0n) is 10.8. The van der Waals surface area contributed by atoms with Gasteiger partial charge >= 0.3 is 0 Å². The number of non-ortho nitro benzene ring substituents is 1. The first-order chi connectivity index (χ1) is 8.74.